The highest BCUT2D eigenvalue weighted by atomic mass is 79.9. The van der Waals surface area contributed by atoms with Gasteiger partial charge in [-0.25, -0.2) is 4.68 Å². The summed E-state index contributed by atoms with van der Waals surface area (Å²) in [4.78, 5) is 24.1. The van der Waals surface area contributed by atoms with Gasteiger partial charge in [0.05, 0.1) is 5.69 Å². The third-order valence-electron chi connectivity index (χ3n) is 4.20. The molecule has 3 rings (SSSR count). The molecule has 0 spiro atoms. The van der Waals surface area contributed by atoms with E-state index < -0.39 is 0 Å². The van der Waals surface area contributed by atoms with Crippen LogP contribution < -0.4 is 5.56 Å². The maximum Gasteiger partial charge on any atom is 0.266 e. The molecule has 1 aromatic heterocycles. The number of aromatic nitrogens is 2. The van der Waals surface area contributed by atoms with E-state index in [2.05, 4.69) is 21.0 Å². The number of rotatable bonds is 3. The lowest BCUT2D eigenvalue weighted by molar-refractivity contribution is 0.0957. The predicted octanol–water partition coefficient (Wildman–Crippen LogP) is 2.92. The fourth-order valence-corrected chi connectivity index (χ4v) is 3.22. The van der Waals surface area contributed by atoms with Crippen LogP contribution in [0.3, 0.4) is 0 Å². The topological polar surface area (TPSA) is 52.0 Å². The quantitative estimate of drug-likeness (QED) is 0.790. The van der Waals surface area contributed by atoms with Crippen LogP contribution in [0.5, 0.6) is 0 Å². The van der Waals surface area contributed by atoms with E-state index in [0.717, 1.165) is 40.6 Å². The van der Waals surface area contributed by atoms with E-state index in [1.165, 1.54) is 4.68 Å². The fraction of sp³-hybridized carbons (Fsp3) is 0.353. The molecule has 1 aliphatic carbocycles. The number of nitrogens with zero attached hydrogens (tertiary/aromatic N) is 2. The molecule has 2 aromatic rings. The number of ketones is 1. The standard InChI is InChI=1S/C17H17BrN2O2/c1-20-17(22)10-13-8-11(2-7-15(13)19-20)9-16(21)12-3-5-14(18)6-4-12/h3-6,10-11H,2,7-9H2,1H3. The summed E-state index contributed by atoms with van der Waals surface area (Å²) in [5.74, 6) is 0.454. The largest absolute Gasteiger partial charge is 0.294 e. The summed E-state index contributed by atoms with van der Waals surface area (Å²) in [6.45, 7) is 0. The molecule has 1 aliphatic rings. The second kappa shape index (κ2) is 6.16. The van der Waals surface area contributed by atoms with Gasteiger partial charge in [0.15, 0.2) is 5.78 Å². The van der Waals surface area contributed by atoms with Crippen molar-refractivity contribution < 1.29 is 4.79 Å². The molecule has 1 unspecified atom stereocenters. The summed E-state index contributed by atoms with van der Waals surface area (Å²) in [7, 11) is 1.67. The maximum atomic E-state index is 12.4. The van der Waals surface area contributed by atoms with Crippen molar-refractivity contribution in [1.29, 1.82) is 0 Å². The number of halogens is 1. The Morgan fingerprint density at radius 3 is 2.82 bits per heavy atom. The Kier molecular flexibility index (Phi) is 4.25. The van der Waals surface area contributed by atoms with Gasteiger partial charge in [0.1, 0.15) is 0 Å². The minimum atomic E-state index is -0.0846. The third kappa shape index (κ3) is 3.19. The lowest BCUT2D eigenvalue weighted by Gasteiger charge is -2.23. The second-order valence-electron chi connectivity index (χ2n) is 5.82. The van der Waals surface area contributed by atoms with Crippen molar-refractivity contribution in [2.24, 2.45) is 13.0 Å². The van der Waals surface area contributed by atoms with Crippen molar-refractivity contribution in [1.82, 2.24) is 9.78 Å². The zero-order valence-corrected chi connectivity index (χ0v) is 14.0. The first-order valence-corrected chi connectivity index (χ1v) is 8.17. The van der Waals surface area contributed by atoms with Gasteiger partial charge in [-0.2, -0.15) is 5.10 Å². The molecular formula is C17H17BrN2O2. The van der Waals surface area contributed by atoms with E-state index in [4.69, 9.17) is 0 Å². The fourth-order valence-electron chi connectivity index (χ4n) is 2.95. The van der Waals surface area contributed by atoms with E-state index in [9.17, 15) is 9.59 Å². The Hall–Kier alpha value is -1.75. The van der Waals surface area contributed by atoms with E-state index in [-0.39, 0.29) is 17.3 Å². The minimum Gasteiger partial charge on any atom is -0.294 e. The number of Topliss-reactive ketones (excluding diaryl/α,β-unsaturated/α-hetero) is 1. The van der Waals surface area contributed by atoms with Crippen molar-refractivity contribution in [2.45, 2.75) is 25.7 Å². The Labute approximate surface area is 137 Å². The van der Waals surface area contributed by atoms with Gasteiger partial charge in [-0.15, -0.1) is 0 Å². The summed E-state index contributed by atoms with van der Waals surface area (Å²) in [5.41, 5.74) is 2.66. The molecule has 1 aromatic carbocycles. The van der Waals surface area contributed by atoms with Crippen LogP contribution >= 0.6 is 15.9 Å². The average molecular weight is 361 g/mol. The van der Waals surface area contributed by atoms with Crippen LogP contribution in [0.25, 0.3) is 0 Å². The van der Waals surface area contributed by atoms with Gasteiger partial charge in [0.25, 0.3) is 5.56 Å². The van der Waals surface area contributed by atoms with Crippen LogP contribution in [-0.2, 0) is 19.9 Å². The number of fused-ring (bicyclic) bond motifs is 1. The molecule has 0 amide bonds. The molecule has 114 valence electrons. The van der Waals surface area contributed by atoms with Crippen LogP contribution in [0.2, 0.25) is 0 Å². The molecule has 0 fully saturated rings. The van der Waals surface area contributed by atoms with Crippen LogP contribution in [-0.4, -0.2) is 15.6 Å². The van der Waals surface area contributed by atoms with E-state index in [0.29, 0.717) is 6.42 Å². The predicted molar refractivity (Wildman–Crippen MR) is 88.1 cm³/mol. The Morgan fingerprint density at radius 1 is 1.36 bits per heavy atom. The molecule has 5 heteroatoms. The summed E-state index contributed by atoms with van der Waals surface area (Å²) >= 11 is 3.37. The van der Waals surface area contributed by atoms with Crippen molar-refractivity contribution in [3.8, 4) is 0 Å². The summed E-state index contributed by atoms with van der Waals surface area (Å²) in [6.07, 6.45) is 3.07. The molecule has 0 aliphatic heterocycles. The van der Waals surface area contributed by atoms with Crippen molar-refractivity contribution in [2.75, 3.05) is 0 Å². The zero-order chi connectivity index (χ0) is 15.7. The molecule has 1 heterocycles. The van der Waals surface area contributed by atoms with Gasteiger partial charge in [0, 0.05) is 29.6 Å². The van der Waals surface area contributed by atoms with Gasteiger partial charge in [0.2, 0.25) is 0 Å². The highest BCUT2D eigenvalue weighted by Crippen LogP contribution is 2.26. The first-order valence-electron chi connectivity index (χ1n) is 7.38. The summed E-state index contributed by atoms with van der Waals surface area (Å²) in [6, 6.07) is 9.13. The first-order chi connectivity index (χ1) is 10.5. The van der Waals surface area contributed by atoms with Gasteiger partial charge >= 0.3 is 0 Å². The molecule has 0 radical (unpaired) electrons. The zero-order valence-electron chi connectivity index (χ0n) is 12.4. The van der Waals surface area contributed by atoms with Crippen LogP contribution in [0.4, 0.5) is 0 Å². The first kappa shape index (κ1) is 15.2. The lowest BCUT2D eigenvalue weighted by Crippen LogP contribution is -2.26. The molecule has 1 atom stereocenters. The minimum absolute atomic E-state index is 0.0846. The number of carbonyl (C=O) groups excluding carboxylic acids is 1. The lowest BCUT2D eigenvalue weighted by atomic mass is 9.83. The number of aryl methyl sites for hydroxylation is 2. The van der Waals surface area contributed by atoms with Crippen molar-refractivity contribution >= 4 is 21.7 Å². The van der Waals surface area contributed by atoms with E-state index in [1.54, 1.807) is 13.1 Å². The number of hydrogen-bond donors (Lipinski definition) is 0. The number of hydrogen-bond acceptors (Lipinski definition) is 3. The highest BCUT2D eigenvalue weighted by Gasteiger charge is 2.23. The summed E-state index contributed by atoms with van der Waals surface area (Å²) in [5, 5.41) is 4.31. The molecule has 0 saturated heterocycles. The highest BCUT2D eigenvalue weighted by molar-refractivity contribution is 9.10. The molecule has 22 heavy (non-hydrogen) atoms. The third-order valence-corrected chi connectivity index (χ3v) is 4.72. The van der Waals surface area contributed by atoms with Gasteiger partial charge in [-0.3, -0.25) is 9.59 Å². The van der Waals surface area contributed by atoms with Gasteiger partial charge in [-0.05, 0) is 42.9 Å². The Morgan fingerprint density at radius 2 is 2.09 bits per heavy atom. The normalized spacial score (nSPS) is 17.1. The molecule has 0 bridgehead atoms. The van der Waals surface area contributed by atoms with Crippen molar-refractivity contribution in [3.63, 3.8) is 0 Å². The Balaban J connectivity index is 1.72. The van der Waals surface area contributed by atoms with Gasteiger partial charge in [-0.1, -0.05) is 28.1 Å². The van der Waals surface area contributed by atoms with E-state index in [1.807, 2.05) is 24.3 Å². The molecular weight excluding hydrogens is 344 g/mol. The van der Waals surface area contributed by atoms with Crippen LogP contribution in [0, 0.1) is 5.92 Å². The number of benzene rings is 1. The van der Waals surface area contributed by atoms with Crippen LogP contribution in [0.1, 0.15) is 34.5 Å². The molecule has 0 N–H and O–H groups in total. The average Bonchev–Trinajstić information content (AvgIpc) is 2.49. The van der Waals surface area contributed by atoms with E-state index >= 15 is 0 Å². The van der Waals surface area contributed by atoms with Crippen LogP contribution in [0.15, 0.2) is 39.6 Å². The maximum absolute atomic E-state index is 12.4. The monoisotopic (exact) mass is 360 g/mol. The van der Waals surface area contributed by atoms with Gasteiger partial charge < -0.3 is 0 Å². The number of carbonyl (C=O) groups is 1. The Bertz CT molecular complexity index is 765. The molecule has 0 saturated carbocycles. The SMILES string of the molecule is Cn1nc2c(cc1=O)CC(CC(=O)c1ccc(Br)cc1)CC2. The smallest absolute Gasteiger partial charge is 0.266 e. The second-order valence-corrected chi connectivity index (χ2v) is 6.74. The van der Waals surface area contributed by atoms with Crippen molar-refractivity contribution in [3.05, 3.63) is 62.0 Å². The molecule has 4 nitrogen and oxygen atoms in total. The summed E-state index contributed by atoms with van der Waals surface area (Å²) < 4.78 is 2.35.